The molecule has 0 aliphatic heterocycles. The van der Waals surface area contributed by atoms with E-state index in [1.165, 1.54) is 11.8 Å². The number of para-hydroxylation sites is 1. The maximum atomic E-state index is 5.48. The van der Waals surface area contributed by atoms with E-state index < -0.39 is 0 Å². The molecule has 0 amide bonds. The SMILES string of the molecule is CSC(=S)N(OCCN)c1ccccc1. The number of thioether (sulfide) groups is 1. The Morgan fingerprint density at radius 2 is 2.13 bits per heavy atom. The molecule has 1 aromatic carbocycles. The van der Waals surface area contributed by atoms with E-state index in [9.17, 15) is 0 Å². The van der Waals surface area contributed by atoms with Gasteiger partial charge in [-0.1, -0.05) is 30.0 Å². The maximum absolute atomic E-state index is 5.48. The molecule has 1 aromatic rings. The summed E-state index contributed by atoms with van der Waals surface area (Å²) in [6, 6.07) is 9.72. The highest BCUT2D eigenvalue weighted by molar-refractivity contribution is 8.22. The standard InChI is InChI=1S/C10H14N2OS2/c1-15-10(14)12(13-8-7-11)9-5-3-2-4-6-9/h2-6H,7-8,11H2,1H3. The Morgan fingerprint density at radius 3 is 2.67 bits per heavy atom. The van der Waals surface area contributed by atoms with Crippen molar-refractivity contribution in [1.29, 1.82) is 0 Å². The Hall–Kier alpha value is -0.620. The molecule has 15 heavy (non-hydrogen) atoms. The summed E-state index contributed by atoms with van der Waals surface area (Å²) in [6.45, 7) is 0.927. The van der Waals surface area contributed by atoms with E-state index >= 15 is 0 Å². The van der Waals surface area contributed by atoms with Crippen molar-refractivity contribution < 1.29 is 4.84 Å². The minimum Gasteiger partial charge on any atom is -0.328 e. The van der Waals surface area contributed by atoms with Gasteiger partial charge in [0.15, 0.2) is 4.32 Å². The number of hydrogen-bond donors (Lipinski definition) is 1. The van der Waals surface area contributed by atoms with E-state index in [-0.39, 0.29) is 0 Å². The highest BCUT2D eigenvalue weighted by atomic mass is 32.2. The first-order valence-corrected chi connectivity index (χ1v) is 6.19. The van der Waals surface area contributed by atoms with E-state index in [0.29, 0.717) is 17.5 Å². The van der Waals surface area contributed by atoms with Gasteiger partial charge in [0.1, 0.15) is 0 Å². The number of hydroxylamine groups is 1. The van der Waals surface area contributed by atoms with Crippen LogP contribution in [0.1, 0.15) is 0 Å². The van der Waals surface area contributed by atoms with Crippen molar-refractivity contribution in [1.82, 2.24) is 0 Å². The van der Waals surface area contributed by atoms with E-state index in [0.717, 1.165) is 5.69 Å². The third-order valence-corrected chi connectivity index (χ3v) is 2.85. The number of thiocarbonyl (C=S) groups is 1. The van der Waals surface area contributed by atoms with Crippen LogP contribution in [0.5, 0.6) is 0 Å². The van der Waals surface area contributed by atoms with Gasteiger partial charge in [0.25, 0.3) is 0 Å². The average molecular weight is 242 g/mol. The Morgan fingerprint density at radius 1 is 1.47 bits per heavy atom. The second-order valence-corrected chi connectivity index (χ2v) is 4.16. The van der Waals surface area contributed by atoms with Crippen LogP contribution in [0, 0.1) is 0 Å². The summed E-state index contributed by atoms with van der Waals surface area (Å²) >= 11 is 6.66. The zero-order chi connectivity index (χ0) is 11.1. The molecule has 1 rings (SSSR count). The van der Waals surface area contributed by atoms with Gasteiger partial charge in [0, 0.05) is 6.54 Å². The first-order chi connectivity index (χ1) is 7.29. The molecule has 0 heterocycles. The smallest absolute Gasteiger partial charge is 0.165 e. The Kier molecular flexibility index (Phi) is 5.63. The van der Waals surface area contributed by atoms with Crippen molar-refractivity contribution in [2.75, 3.05) is 24.5 Å². The fourth-order valence-corrected chi connectivity index (χ4v) is 1.50. The Bertz CT molecular complexity index is 306. The fourth-order valence-electron chi connectivity index (χ4n) is 1.02. The molecule has 5 heteroatoms. The van der Waals surface area contributed by atoms with Gasteiger partial charge in [-0.2, -0.15) is 0 Å². The molecule has 0 saturated heterocycles. The maximum Gasteiger partial charge on any atom is 0.165 e. The van der Waals surface area contributed by atoms with Gasteiger partial charge >= 0.3 is 0 Å². The van der Waals surface area contributed by atoms with Crippen LogP contribution in [0.15, 0.2) is 30.3 Å². The topological polar surface area (TPSA) is 38.5 Å². The third kappa shape index (κ3) is 3.79. The van der Waals surface area contributed by atoms with Gasteiger partial charge < -0.3 is 5.73 Å². The van der Waals surface area contributed by atoms with Crippen molar-refractivity contribution in [2.45, 2.75) is 0 Å². The Balaban J connectivity index is 2.76. The average Bonchev–Trinajstić information content (AvgIpc) is 2.30. The normalized spacial score (nSPS) is 10.0. The van der Waals surface area contributed by atoms with Crippen LogP contribution in [-0.2, 0) is 4.84 Å². The van der Waals surface area contributed by atoms with Crippen LogP contribution in [0.25, 0.3) is 0 Å². The van der Waals surface area contributed by atoms with Crippen LogP contribution in [-0.4, -0.2) is 23.7 Å². The molecule has 0 atom stereocenters. The minimum atomic E-state index is 0.454. The lowest BCUT2D eigenvalue weighted by Gasteiger charge is -2.22. The summed E-state index contributed by atoms with van der Waals surface area (Å²) in [7, 11) is 0. The second kappa shape index (κ2) is 6.79. The predicted molar refractivity (Wildman–Crippen MR) is 70.0 cm³/mol. The van der Waals surface area contributed by atoms with E-state index in [1.807, 2.05) is 36.6 Å². The van der Waals surface area contributed by atoms with E-state index in [2.05, 4.69) is 0 Å². The van der Waals surface area contributed by atoms with Gasteiger partial charge in [-0.3, -0.25) is 4.84 Å². The lowest BCUT2D eigenvalue weighted by molar-refractivity contribution is 0.154. The highest BCUT2D eigenvalue weighted by Crippen LogP contribution is 2.18. The molecule has 0 radical (unpaired) electrons. The summed E-state index contributed by atoms with van der Waals surface area (Å²) in [6.07, 6.45) is 1.92. The molecule has 0 saturated carbocycles. The third-order valence-electron chi connectivity index (χ3n) is 1.67. The molecular weight excluding hydrogens is 228 g/mol. The molecule has 0 fully saturated rings. The predicted octanol–water partition coefficient (Wildman–Crippen LogP) is 2.03. The second-order valence-electron chi connectivity index (χ2n) is 2.72. The van der Waals surface area contributed by atoms with Crippen LogP contribution in [0.4, 0.5) is 5.69 Å². The van der Waals surface area contributed by atoms with E-state index in [4.69, 9.17) is 22.8 Å². The molecule has 0 spiro atoms. The molecule has 0 unspecified atom stereocenters. The van der Waals surface area contributed by atoms with Crippen LogP contribution in [0.3, 0.4) is 0 Å². The van der Waals surface area contributed by atoms with E-state index in [1.54, 1.807) is 5.06 Å². The monoisotopic (exact) mass is 242 g/mol. The van der Waals surface area contributed by atoms with Crippen LogP contribution in [0.2, 0.25) is 0 Å². The zero-order valence-corrected chi connectivity index (χ0v) is 10.2. The minimum absolute atomic E-state index is 0.454. The Labute approximate surface area is 99.5 Å². The van der Waals surface area contributed by atoms with Crippen molar-refractivity contribution in [3.63, 3.8) is 0 Å². The molecule has 2 N–H and O–H groups in total. The van der Waals surface area contributed by atoms with Crippen molar-refractivity contribution in [2.24, 2.45) is 5.73 Å². The van der Waals surface area contributed by atoms with Crippen molar-refractivity contribution >= 4 is 34.0 Å². The molecule has 0 aliphatic carbocycles. The quantitative estimate of drug-likeness (QED) is 0.646. The van der Waals surface area contributed by atoms with Crippen LogP contribution < -0.4 is 10.8 Å². The van der Waals surface area contributed by atoms with Crippen molar-refractivity contribution in [3.8, 4) is 0 Å². The first kappa shape index (κ1) is 12.4. The number of rotatable bonds is 4. The van der Waals surface area contributed by atoms with Gasteiger partial charge in [0.2, 0.25) is 0 Å². The van der Waals surface area contributed by atoms with Gasteiger partial charge in [-0.15, -0.1) is 0 Å². The van der Waals surface area contributed by atoms with Gasteiger partial charge in [-0.05, 0) is 30.6 Å². The van der Waals surface area contributed by atoms with Gasteiger partial charge in [0.05, 0.1) is 12.3 Å². The zero-order valence-electron chi connectivity index (χ0n) is 8.55. The molecule has 0 aromatic heterocycles. The first-order valence-electron chi connectivity index (χ1n) is 4.55. The molecule has 82 valence electrons. The number of hydrogen-bond acceptors (Lipinski definition) is 4. The number of nitrogens with zero attached hydrogens (tertiary/aromatic N) is 1. The van der Waals surface area contributed by atoms with Crippen molar-refractivity contribution in [3.05, 3.63) is 30.3 Å². The largest absolute Gasteiger partial charge is 0.328 e. The van der Waals surface area contributed by atoms with Crippen LogP contribution >= 0.6 is 24.0 Å². The fraction of sp³-hybridized carbons (Fsp3) is 0.300. The summed E-state index contributed by atoms with van der Waals surface area (Å²) < 4.78 is 0.676. The lowest BCUT2D eigenvalue weighted by atomic mass is 10.3. The molecular formula is C10H14N2OS2. The highest BCUT2D eigenvalue weighted by Gasteiger charge is 2.11. The molecule has 3 nitrogen and oxygen atoms in total. The number of nitrogens with two attached hydrogens (primary N) is 1. The number of anilines is 1. The summed E-state index contributed by atoms with van der Waals surface area (Å²) in [5.41, 5.74) is 6.32. The lowest BCUT2D eigenvalue weighted by Crippen LogP contribution is -2.29. The molecule has 0 aliphatic rings. The summed E-state index contributed by atoms with van der Waals surface area (Å²) in [5, 5.41) is 1.63. The molecule has 0 bridgehead atoms. The van der Waals surface area contributed by atoms with Gasteiger partial charge in [-0.25, -0.2) is 5.06 Å². The summed E-state index contributed by atoms with van der Waals surface area (Å²) in [4.78, 5) is 5.48. The number of benzene rings is 1. The summed E-state index contributed by atoms with van der Waals surface area (Å²) in [5.74, 6) is 0.